The third-order valence-corrected chi connectivity index (χ3v) is 2.27. The van der Waals surface area contributed by atoms with Gasteiger partial charge in [-0.25, -0.2) is 14.5 Å². The third-order valence-electron chi connectivity index (χ3n) is 2.04. The molecule has 0 aliphatic rings. The monoisotopic (exact) mass is 237 g/mol. The number of carboxylic acid groups (broad SMARTS) is 1. The number of benzene rings is 1. The van der Waals surface area contributed by atoms with Crippen molar-refractivity contribution in [2.75, 3.05) is 0 Å². The number of carbonyl (C=O) groups is 1. The highest BCUT2D eigenvalue weighted by Gasteiger charge is 2.14. The van der Waals surface area contributed by atoms with Gasteiger partial charge in [0.25, 0.3) is 0 Å². The van der Waals surface area contributed by atoms with E-state index in [1.807, 2.05) is 0 Å². The van der Waals surface area contributed by atoms with Gasteiger partial charge in [-0.15, -0.1) is 0 Å². The minimum Gasteiger partial charge on any atom is -0.475 e. The molecule has 0 aliphatic heterocycles. The first kappa shape index (κ1) is 10.6. The molecule has 0 saturated carbocycles. The predicted molar refractivity (Wildman–Crippen MR) is 58.4 cm³/mol. The van der Waals surface area contributed by atoms with E-state index in [1.165, 1.54) is 11.7 Å². The van der Waals surface area contributed by atoms with Crippen LogP contribution in [0, 0.1) is 0 Å². The minimum atomic E-state index is -1.11. The Labute approximate surface area is 96.3 Å². The van der Waals surface area contributed by atoms with E-state index < -0.39 is 5.97 Å². The molecule has 1 N–H and O–H groups in total. The highest BCUT2D eigenvalue weighted by Crippen LogP contribution is 2.19. The lowest BCUT2D eigenvalue weighted by Crippen LogP contribution is -2.06. The van der Waals surface area contributed by atoms with E-state index in [0.717, 1.165) is 0 Å². The van der Waals surface area contributed by atoms with Gasteiger partial charge in [-0.05, 0) is 12.1 Å². The molecule has 16 heavy (non-hydrogen) atoms. The summed E-state index contributed by atoms with van der Waals surface area (Å²) in [5.74, 6) is -0.861. The van der Waals surface area contributed by atoms with Crippen LogP contribution in [0.25, 0.3) is 11.4 Å². The number of halogens is 1. The first-order valence-electron chi connectivity index (χ1n) is 4.48. The van der Waals surface area contributed by atoms with Gasteiger partial charge in [0.1, 0.15) is 0 Å². The smallest absolute Gasteiger partial charge is 0.373 e. The molecule has 0 fully saturated rings. The predicted octanol–water partition coefficient (Wildman–Crippen LogP) is 1.83. The molecule has 0 saturated heterocycles. The van der Waals surface area contributed by atoms with Crippen LogP contribution < -0.4 is 0 Å². The number of carboxylic acids is 1. The summed E-state index contributed by atoms with van der Waals surface area (Å²) in [7, 11) is 1.53. The Morgan fingerprint density at radius 2 is 2.25 bits per heavy atom. The molecule has 0 bridgehead atoms. The Kier molecular flexibility index (Phi) is 2.62. The third kappa shape index (κ3) is 1.90. The number of aromatic nitrogens is 3. The Morgan fingerprint density at radius 3 is 2.81 bits per heavy atom. The highest BCUT2D eigenvalue weighted by molar-refractivity contribution is 6.30. The second-order valence-electron chi connectivity index (χ2n) is 3.20. The van der Waals surface area contributed by atoms with Crippen LogP contribution in [0.5, 0.6) is 0 Å². The standard InChI is InChI=1S/C10H8ClN3O2/c1-14-9(10(15)16)12-8(13-14)6-3-2-4-7(11)5-6/h2-5H,1H3,(H,15,16). The maximum atomic E-state index is 10.8. The van der Waals surface area contributed by atoms with Crippen LogP contribution >= 0.6 is 11.6 Å². The van der Waals surface area contributed by atoms with Gasteiger partial charge in [0.2, 0.25) is 5.82 Å². The van der Waals surface area contributed by atoms with Gasteiger partial charge in [0, 0.05) is 17.6 Å². The molecule has 1 heterocycles. The van der Waals surface area contributed by atoms with Crippen LogP contribution in [-0.4, -0.2) is 25.8 Å². The molecular weight excluding hydrogens is 230 g/mol. The Bertz CT molecular complexity index is 551. The maximum absolute atomic E-state index is 10.8. The van der Waals surface area contributed by atoms with Crippen molar-refractivity contribution in [3.05, 3.63) is 35.1 Å². The summed E-state index contributed by atoms with van der Waals surface area (Å²) in [6, 6.07) is 6.94. The largest absolute Gasteiger partial charge is 0.475 e. The second-order valence-corrected chi connectivity index (χ2v) is 3.63. The fraction of sp³-hybridized carbons (Fsp3) is 0.100. The van der Waals surface area contributed by atoms with Crippen LogP contribution in [0.15, 0.2) is 24.3 Å². The van der Waals surface area contributed by atoms with Crippen molar-refractivity contribution in [1.82, 2.24) is 14.8 Å². The first-order chi connectivity index (χ1) is 7.58. The molecule has 0 radical (unpaired) electrons. The van der Waals surface area contributed by atoms with Crippen LogP contribution in [0.3, 0.4) is 0 Å². The highest BCUT2D eigenvalue weighted by atomic mass is 35.5. The number of hydrogen-bond donors (Lipinski definition) is 1. The molecule has 0 amide bonds. The van der Waals surface area contributed by atoms with Gasteiger partial charge in [-0.3, -0.25) is 0 Å². The molecule has 0 atom stereocenters. The lowest BCUT2D eigenvalue weighted by atomic mass is 10.2. The zero-order valence-corrected chi connectivity index (χ0v) is 9.14. The molecule has 0 aliphatic carbocycles. The molecule has 6 heteroatoms. The second kappa shape index (κ2) is 3.94. The number of aryl methyl sites for hydroxylation is 1. The summed E-state index contributed by atoms with van der Waals surface area (Å²) in [6.45, 7) is 0. The molecule has 5 nitrogen and oxygen atoms in total. The van der Waals surface area contributed by atoms with Crippen molar-refractivity contribution in [3.63, 3.8) is 0 Å². The fourth-order valence-electron chi connectivity index (χ4n) is 1.32. The first-order valence-corrected chi connectivity index (χ1v) is 4.86. The Morgan fingerprint density at radius 1 is 1.50 bits per heavy atom. The zero-order chi connectivity index (χ0) is 11.7. The van der Waals surface area contributed by atoms with E-state index in [2.05, 4.69) is 10.1 Å². The van der Waals surface area contributed by atoms with E-state index in [9.17, 15) is 4.79 Å². The van der Waals surface area contributed by atoms with Crippen LogP contribution in [0.1, 0.15) is 10.6 Å². The molecule has 1 aromatic carbocycles. The van der Waals surface area contributed by atoms with E-state index in [4.69, 9.17) is 16.7 Å². The van der Waals surface area contributed by atoms with Gasteiger partial charge < -0.3 is 5.11 Å². The molecule has 82 valence electrons. The molecule has 0 spiro atoms. The summed E-state index contributed by atoms with van der Waals surface area (Å²) in [5.41, 5.74) is 0.690. The topological polar surface area (TPSA) is 68.0 Å². The van der Waals surface area contributed by atoms with Gasteiger partial charge in [-0.2, -0.15) is 5.10 Å². The minimum absolute atomic E-state index is 0.102. The van der Waals surface area contributed by atoms with Crippen molar-refractivity contribution in [1.29, 1.82) is 0 Å². The molecule has 2 aromatic rings. The summed E-state index contributed by atoms with van der Waals surface area (Å²) < 4.78 is 1.22. The van der Waals surface area contributed by atoms with Gasteiger partial charge in [0.15, 0.2) is 5.82 Å². The van der Waals surface area contributed by atoms with Crippen molar-refractivity contribution < 1.29 is 9.90 Å². The summed E-state index contributed by atoms with van der Waals surface area (Å²) in [6.07, 6.45) is 0. The molecule has 1 aromatic heterocycles. The number of rotatable bonds is 2. The SMILES string of the molecule is Cn1nc(-c2cccc(Cl)c2)nc1C(=O)O. The number of hydrogen-bond acceptors (Lipinski definition) is 3. The summed E-state index contributed by atoms with van der Waals surface area (Å²) in [5, 5.41) is 13.4. The van der Waals surface area contributed by atoms with Gasteiger partial charge >= 0.3 is 5.97 Å². The molecule has 0 unspecified atom stereocenters. The Hall–Kier alpha value is -1.88. The van der Waals surface area contributed by atoms with E-state index in [0.29, 0.717) is 16.4 Å². The molecule has 2 rings (SSSR count). The lowest BCUT2D eigenvalue weighted by Gasteiger charge is -1.94. The van der Waals surface area contributed by atoms with E-state index >= 15 is 0 Å². The zero-order valence-electron chi connectivity index (χ0n) is 8.38. The Balaban J connectivity index is 2.49. The normalized spacial score (nSPS) is 10.4. The molecular formula is C10H8ClN3O2. The van der Waals surface area contributed by atoms with Crippen LogP contribution in [0.2, 0.25) is 5.02 Å². The van der Waals surface area contributed by atoms with E-state index in [1.54, 1.807) is 24.3 Å². The van der Waals surface area contributed by atoms with Gasteiger partial charge in [-0.1, -0.05) is 23.7 Å². The van der Waals surface area contributed by atoms with Gasteiger partial charge in [0.05, 0.1) is 0 Å². The van der Waals surface area contributed by atoms with Crippen LogP contribution in [0.4, 0.5) is 0 Å². The van der Waals surface area contributed by atoms with E-state index in [-0.39, 0.29) is 5.82 Å². The van der Waals surface area contributed by atoms with Crippen molar-refractivity contribution in [3.8, 4) is 11.4 Å². The van der Waals surface area contributed by atoms with Crippen molar-refractivity contribution >= 4 is 17.6 Å². The summed E-state index contributed by atoms with van der Waals surface area (Å²) in [4.78, 5) is 14.7. The van der Waals surface area contributed by atoms with Crippen molar-refractivity contribution in [2.24, 2.45) is 7.05 Å². The quantitative estimate of drug-likeness (QED) is 0.865. The maximum Gasteiger partial charge on any atom is 0.373 e. The van der Waals surface area contributed by atoms with Crippen molar-refractivity contribution in [2.45, 2.75) is 0 Å². The average molecular weight is 238 g/mol. The number of nitrogens with zero attached hydrogens (tertiary/aromatic N) is 3. The van der Waals surface area contributed by atoms with Crippen LogP contribution in [-0.2, 0) is 7.05 Å². The fourth-order valence-corrected chi connectivity index (χ4v) is 1.51. The number of aromatic carboxylic acids is 1. The average Bonchev–Trinajstić information content (AvgIpc) is 2.60. The summed E-state index contributed by atoms with van der Waals surface area (Å²) >= 11 is 5.83. The lowest BCUT2D eigenvalue weighted by molar-refractivity contribution is 0.0678.